The van der Waals surface area contributed by atoms with E-state index in [0.29, 0.717) is 6.42 Å². The number of carbonyl (C=O) groups is 1. The second kappa shape index (κ2) is 18.9. The summed E-state index contributed by atoms with van der Waals surface area (Å²) in [5.41, 5.74) is 0. The number of carbonyl (C=O) groups excluding carboxylic acids is 1. The van der Waals surface area contributed by atoms with Gasteiger partial charge in [-0.15, -0.1) is 0 Å². The van der Waals surface area contributed by atoms with E-state index in [2.05, 4.69) is 24.4 Å². The van der Waals surface area contributed by atoms with Gasteiger partial charge in [0.1, 0.15) is 0 Å². The van der Waals surface area contributed by atoms with Crippen LogP contribution in [0.4, 0.5) is 0 Å². The fourth-order valence-corrected chi connectivity index (χ4v) is 2.82. The highest BCUT2D eigenvalue weighted by Gasteiger charge is 2.09. The van der Waals surface area contributed by atoms with Crippen LogP contribution in [-0.2, 0) is 4.79 Å². The molecule has 0 aliphatic heterocycles. The van der Waals surface area contributed by atoms with E-state index in [-0.39, 0.29) is 25.2 Å². The second-order valence-corrected chi connectivity index (χ2v) is 7.15. The summed E-state index contributed by atoms with van der Waals surface area (Å²) in [5, 5.41) is 30.3. The lowest BCUT2D eigenvalue weighted by atomic mass is 10.1. The van der Waals surface area contributed by atoms with Gasteiger partial charge >= 0.3 is 0 Å². The van der Waals surface area contributed by atoms with E-state index in [1.54, 1.807) is 0 Å². The molecule has 4 N–H and O–H groups in total. The Bertz CT molecular complexity index is 343. The van der Waals surface area contributed by atoms with Crippen LogP contribution in [0.5, 0.6) is 0 Å². The van der Waals surface area contributed by atoms with Crippen LogP contribution in [-0.4, -0.2) is 46.6 Å². The van der Waals surface area contributed by atoms with Gasteiger partial charge in [-0.3, -0.25) is 4.79 Å². The summed E-state index contributed by atoms with van der Waals surface area (Å²) in [5.74, 6) is -0.103. The molecule has 5 nitrogen and oxygen atoms in total. The van der Waals surface area contributed by atoms with Crippen LogP contribution in [0.3, 0.4) is 0 Å². The summed E-state index contributed by atoms with van der Waals surface area (Å²) in [6, 6.07) is -0.538. The first-order chi connectivity index (χ1) is 12.6. The zero-order valence-corrected chi connectivity index (χ0v) is 16.7. The van der Waals surface area contributed by atoms with E-state index >= 15 is 0 Å². The molecule has 0 rings (SSSR count). The van der Waals surface area contributed by atoms with Crippen molar-refractivity contribution in [2.24, 2.45) is 0 Å². The van der Waals surface area contributed by atoms with Crippen molar-refractivity contribution in [1.29, 1.82) is 0 Å². The standard InChI is InChI=1S/C21H41NO4/c1-2-3-4-11-14-20(25)15-12-9-7-5-6-8-10-13-16-21(26)22-19(17-23)18-24/h9,12,19-20,23-25H,2-8,10-11,13-18H2,1H3,(H,22,26)/b12-9-. The molecular weight excluding hydrogens is 330 g/mol. The Hall–Kier alpha value is -0.910. The van der Waals surface area contributed by atoms with Crippen LogP contribution < -0.4 is 5.32 Å². The fourth-order valence-electron chi connectivity index (χ4n) is 2.82. The molecule has 0 saturated heterocycles. The number of nitrogens with one attached hydrogen (secondary N) is 1. The van der Waals surface area contributed by atoms with Gasteiger partial charge in [-0.25, -0.2) is 0 Å². The molecule has 0 aromatic rings. The van der Waals surface area contributed by atoms with E-state index in [4.69, 9.17) is 10.2 Å². The average Bonchev–Trinajstić information content (AvgIpc) is 2.64. The third kappa shape index (κ3) is 16.6. The lowest BCUT2D eigenvalue weighted by Crippen LogP contribution is -2.39. The lowest BCUT2D eigenvalue weighted by molar-refractivity contribution is -0.122. The molecule has 0 aliphatic rings. The number of aliphatic hydroxyl groups is 3. The molecule has 0 heterocycles. The van der Waals surface area contributed by atoms with Crippen LogP contribution in [0.2, 0.25) is 0 Å². The monoisotopic (exact) mass is 371 g/mol. The summed E-state index contributed by atoms with van der Waals surface area (Å²) >= 11 is 0. The van der Waals surface area contributed by atoms with Crippen molar-refractivity contribution in [2.75, 3.05) is 13.2 Å². The van der Waals surface area contributed by atoms with Gasteiger partial charge in [-0.05, 0) is 32.1 Å². The molecule has 154 valence electrons. The number of hydrogen-bond donors (Lipinski definition) is 4. The maximum absolute atomic E-state index is 11.6. The van der Waals surface area contributed by atoms with Gasteiger partial charge in [0.2, 0.25) is 5.91 Å². The van der Waals surface area contributed by atoms with Crippen LogP contribution in [0.15, 0.2) is 12.2 Å². The molecule has 0 aromatic carbocycles. The van der Waals surface area contributed by atoms with Gasteiger partial charge in [0.15, 0.2) is 0 Å². The molecule has 0 aliphatic carbocycles. The maximum atomic E-state index is 11.6. The fraction of sp³-hybridized carbons (Fsp3) is 0.857. The number of unbranched alkanes of at least 4 members (excludes halogenated alkanes) is 8. The minimum Gasteiger partial charge on any atom is -0.394 e. The highest BCUT2D eigenvalue weighted by atomic mass is 16.3. The van der Waals surface area contributed by atoms with Gasteiger partial charge in [0.25, 0.3) is 0 Å². The van der Waals surface area contributed by atoms with Crippen LogP contribution >= 0.6 is 0 Å². The Morgan fingerprint density at radius 2 is 1.58 bits per heavy atom. The maximum Gasteiger partial charge on any atom is 0.220 e. The average molecular weight is 372 g/mol. The van der Waals surface area contributed by atoms with E-state index < -0.39 is 6.04 Å². The van der Waals surface area contributed by atoms with Gasteiger partial charge in [-0.1, -0.05) is 64.0 Å². The predicted octanol–water partition coefficient (Wildman–Crippen LogP) is 3.46. The molecule has 1 atom stereocenters. The van der Waals surface area contributed by atoms with Gasteiger partial charge in [0, 0.05) is 6.42 Å². The molecule has 0 saturated carbocycles. The van der Waals surface area contributed by atoms with Crippen LogP contribution in [0.1, 0.15) is 90.4 Å². The molecular formula is C21H41NO4. The van der Waals surface area contributed by atoms with Crippen LogP contribution in [0, 0.1) is 0 Å². The first kappa shape index (κ1) is 25.1. The SMILES string of the molecule is CCCCCCC(O)C/C=C\CCCCCCCC(=O)NC(CO)CO. The minimum atomic E-state index is -0.538. The van der Waals surface area contributed by atoms with Crippen LogP contribution in [0.25, 0.3) is 0 Å². The normalized spacial score (nSPS) is 12.8. The van der Waals surface area contributed by atoms with Crippen molar-refractivity contribution in [3.05, 3.63) is 12.2 Å². The van der Waals surface area contributed by atoms with E-state index in [9.17, 15) is 9.90 Å². The van der Waals surface area contributed by atoms with Crippen molar-refractivity contribution in [2.45, 2.75) is 103 Å². The second-order valence-electron chi connectivity index (χ2n) is 7.15. The third-order valence-electron chi connectivity index (χ3n) is 4.55. The molecule has 0 bridgehead atoms. The number of rotatable bonds is 18. The molecule has 5 heteroatoms. The molecule has 1 amide bonds. The Kier molecular flexibility index (Phi) is 18.2. The molecule has 0 aromatic heterocycles. The first-order valence-electron chi connectivity index (χ1n) is 10.5. The topological polar surface area (TPSA) is 89.8 Å². The van der Waals surface area contributed by atoms with E-state index in [1.165, 1.54) is 19.3 Å². The smallest absolute Gasteiger partial charge is 0.220 e. The summed E-state index contributed by atoms with van der Waals surface area (Å²) in [6.07, 6.45) is 17.4. The number of amides is 1. The van der Waals surface area contributed by atoms with Gasteiger partial charge < -0.3 is 20.6 Å². The zero-order valence-electron chi connectivity index (χ0n) is 16.7. The minimum absolute atomic E-state index is 0.103. The van der Waals surface area contributed by atoms with Crippen molar-refractivity contribution in [1.82, 2.24) is 5.32 Å². The predicted molar refractivity (Wildman–Crippen MR) is 107 cm³/mol. The largest absolute Gasteiger partial charge is 0.394 e. The molecule has 0 radical (unpaired) electrons. The Morgan fingerprint density at radius 1 is 0.923 bits per heavy atom. The Morgan fingerprint density at radius 3 is 2.27 bits per heavy atom. The molecule has 1 unspecified atom stereocenters. The number of hydrogen-bond acceptors (Lipinski definition) is 4. The number of aliphatic hydroxyl groups excluding tert-OH is 3. The summed E-state index contributed by atoms with van der Waals surface area (Å²) in [6.45, 7) is 1.74. The molecule has 0 spiro atoms. The quantitative estimate of drug-likeness (QED) is 0.219. The van der Waals surface area contributed by atoms with Crippen molar-refractivity contribution in [3.63, 3.8) is 0 Å². The Balaban J connectivity index is 3.41. The lowest BCUT2D eigenvalue weighted by Gasteiger charge is -2.12. The van der Waals surface area contributed by atoms with Crippen molar-refractivity contribution >= 4 is 5.91 Å². The third-order valence-corrected chi connectivity index (χ3v) is 4.55. The molecule has 0 fully saturated rings. The van der Waals surface area contributed by atoms with Gasteiger partial charge in [0.05, 0.1) is 25.4 Å². The highest BCUT2D eigenvalue weighted by molar-refractivity contribution is 5.76. The Labute approximate surface area is 159 Å². The summed E-state index contributed by atoms with van der Waals surface area (Å²) in [7, 11) is 0. The van der Waals surface area contributed by atoms with Crippen molar-refractivity contribution < 1.29 is 20.1 Å². The van der Waals surface area contributed by atoms with E-state index in [1.807, 2.05) is 0 Å². The molecule has 26 heavy (non-hydrogen) atoms. The summed E-state index contributed by atoms with van der Waals surface area (Å²) < 4.78 is 0. The summed E-state index contributed by atoms with van der Waals surface area (Å²) in [4.78, 5) is 11.6. The van der Waals surface area contributed by atoms with E-state index in [0.717, 1.165) is 57.8 Å². The van der Waals surface area contributed by atoms with Gasteiger partial charge in [-0.2, -0.15) is 0 Å². The first-order valence-corrected chi connectivity index (χ1v) is 10.5. The highest BCUT2D eigenvalue weighted by Crippen LogP contribution is 2.10. The van der Waals surface area contributed by atoms with Crippen molar-refractivity contribution in [3.8, 4) is 0 Å². The zero-order chi connectivity index (χ0) is 19.5. The number of allylic oxidation sites excluding steroid dienone is 1.